The lowest BCUT2D eigenvalue weighted by atomic mass is 10.0. The highest BCUT2D eigenvalue weighted by atomic mass is 35.5. The van der Waals surface area contributed by atoms with Crippen molar-refractivity contribution in [1.29, 1.82) is 0 Å². The molecule has 0 fully saturated rings. The van der Waals surface area contributed by atoms with Crippen molar-refractivity contribution in [3.63, 3.8) is 0 Å². The molecule has 0 atom stereocenters. The number of nitrogens with zero attached hydrogens (tertiary/aromatic N) is 3. The molecule has 0 saturated heterocycles. The van der Waals surface area contributed by atoms with E-state index in [1.807, 2.05) is 18.3 Å². The summed E-state index contributed by atoms with van der Waals surface area (Å²) in [5.74, 6) is -0.126. The Kier molecular flexibility index (Phi) is 6.78. The number of nitrogens with one attached hydrogen (secondary N) is 2. The highest BCUT2D eigenvalue weighted by Gasteiger charge is 2.16. The van der Waals surface area contributed by atoms with Crippen molar-refractivity contribution < 1.29 is 4.79 Å². The van der Waals surface area contributed by atoms with Crippen LogP contribution in [0.1, 0.15) is 26.3 Å². The lowest BCUT2D eigenvalue weighted by Crippen LogP contribution is -2.27. The SMILES string of the molecule is CC(=O)Nc1ccc(Cl)cc1-c1ccc(-n2c(=NC(C)C)n(Cc3cccc4[nH]ccc34)c3ccccc32)cc1. The van der Waals surface area contributed by atoms with Crippen molar-refractivity contribution in [3.05, 3.63) is 113 Å². The van der Waals surface area contributed by atoms with E-state index in [9.17, 15) is 4.79 Å². The van der Waals surface area contributed by atoms with Gasteiger partial charge < -0.3 is 14.9 Å². The number of H-pyrrole nitrogens is 1. The van der Waals surface area contributed by atoms with Gasteiger partial charge in [0.25, 0.3) is 0 Å². The molecule has 2 N–H and O–H groups in total. The van der Waals surface area contributed by atoms with Gasteiger partial charge in [-0.15, -0.1) is 0 Å². The fourth-order valence-electron chi connectivity index (χ4n) is 5.29. The Labute approximate surface area is 237 Å². The highest BCUT2D eigenvalue weighted by molar-refractivity contribution is 6.31. The van der Waals surface area contributed by atoms with Gasteiger partial charge in [-0.05, 0) is 79.6 Å². The van der Waals surface area contributed by atoms with Gasteiger partial charge in [-0.3, -0.25) is 9.36 Å². The summed E-state index contributed by atoms with van der Waals surface area (Å²) in [6.45, 7) is 6.40. The number of benzene rings is 4. The number of rotatable bonds is 6. The Bertz CT molecular complexity index is 1920. The molecule has 200 valence electrons. The number of carbonyl (C=O) groups excluding carboxylic acids is 1. The van der Waals surface area contributed by atoms with Crippen molar-refractivity contribution in [2.24, 2.45) is 4.99 Å². The van der Waals surface area contributed by atoms with E-state index in [4.69, 9.17) is 16.6 Å². The Hall–Kier alpha value is -4.55. The first-order chi connectivity index (χ1) is 19.4. The summed E-state index contributed by atoms with van der Waals surface area (Å²) in [5, 5.41) is 4.74. The Morgan fingerprint density at radius 3 is 2.48 bits per heavy atom. The molecule has 6 nitrogen and oxygen atoms in total. The lowest BCUT2D eigenvalue weighted by Gasteiger charge is -2.13. The maximum Gasteiger partial charge on any atom is 0.221 e. The van der Waals surface area contributed by atoms with Gasteiger partial charge in [0, 0.05) is 52.0 Å². The Morgan fingerprint density at radius 1 is 0.950 bits per heavy atom. The summed E-state index contributed by atoms with van der Waals surface area (Å²) in [7, 11) is 0. The van der Waals surface area contributed by atoms with E-state index in [-0.39, 0.29) is 11.9 Å². The zero-order chi connectivity index (χ0) is 27.8. The summed E-state index contributed by atoms with van der Waals surface area (Å²) < 4.78 is 4.53. The van der Waals surface area contributed by atoms with E-state index in [1.54, 1.807) is 6.07 Å². The van der Waals surface area contributed by atoms with Crippen molar-refractivity contribution in [2.45, 2.75) is 33.4 Å². The first-order valence-electron chi connectivity index (χ1n) is 13.4. The van der Waals surface area contributed by atoms with Gasteiger partial charge in [0.1, 0.15) is 0 Å². The number of anilines is 1. The van der Waals surface area contributed by atoms with Gasteiger partial charge in [-0.2, -0.15) is 0 Å². The molecule has 40 heavy (non-hydrogen) atoms. The molecule has 2 heterocycles. The minimum absolute atomic E-state index is 0.100. The van der Waals surface area contributed by atoms with Crippen molar-refractivity contribution in [2.75, 3.05) is 5.32 Å². The van der Waals surface area contributed by atoms with Gasteiger partial charge in [-0.25, -0.2) is 4.99 Å². The molecule has 0 bridgehead atoms. The molecule has 7 heteroatoms. The largest absolute Gasteiger partial charge is 0.361 e. The first-order valence-corrected chi connectivity index (χ1v) is 13.7. The molecule has 2 aromatic heterocycles. The molecule has 6 aromatic rings. The van der Waals surface area contributed by atoms with Gasteiger partial charge in [0.15, 0.2) is 0 Å². The number of amides is 1. The van der Waals surface area contributed by atoms with Crippen LogP contribution in [0.3, 0.4) is 0 Å². The topological polar surface area (TPSA) is 67.1 Å². The molecule has 0 aliphatic rings. The average Bonchev–Trinajstić information content (AvgIpc) is 3.53. The zero-order valence-electron chi connectivity index (χ0n) is 22.6. The third-order valence-electron chi connectivity index (χ3n) is 6.97. The molecular formula is C33H30ClN5O. The normalized spacial score (nSPS) is 12.1. The minimum atomic E-state index is -0.126. The number of fused-ring (bicyclic) bond motifs is 2. The van der Waals surface area contributed by atoms with Gasteiger partial charge in [0.05, 0.1) is 17.6 Å². The van der Waals surface area contributed by atoms with Crippen LogP contribution in [0.5, 0.6) is 0 Å². The third-order valence-corrected chi connectivity index (χ3v) is 7.21. The van der Waals surface area contributed by atoms with Crippen LogP contribution in [-0.2, 0) is 11.3 Å². The van der Waals surface area contributed by atoms with E-state index in [0.29, 0.717) is 11.6 Å². The van der Waals surface area contributed by atoms with Crippen molar-refractivity contribution in [1.82, 2.24) is 14.1 Å². The Balaban J connectivity index is 1.52. The van der Waals surface area contributed by atoms with E-state index in [2.05, 4.69) is 106 Å². The second-order valence-electron chi connectivity index (χ2n) is 10.2. The predicted octanol–water partition coefficient (Wildman–Crippen LogP) is 7.55. The summed E-state index contributed by atoms with van der Waals surface area (Å²) in [6, 6.07) is 30.8. The fourth-order valence-corrected chi connectivity index (χ4v) is 5.46. The zero-order valence-corrected chi connectivity index (χ0v) is 23.4. The second kappa shape index (κ2) is 10.5. The number of para-hydroxylation sites is 2. The van der Waals surface area contributed by atoms with Crippen LogP contribution in [0.25, 0.3) is 38.8 Å². The smallest absolute Gasteiger partial charge is 0.221 e. The lowest BCUT2D eigenvalue weighted by molar-refractivity contribution is -0.114. The molecule has 0 saturated carbocycles. The van der Waals surface area contributed by atoms with Gasteiger partial charge in [-0.1, -0.05) is 48.0 Å². The second-order valence-corrected chi connectivity index (χ2v) is 10.6. The number of carbonyl (C=O) groups is 1. The van der Waals surface area contributed by atoms with E-state index < -0.39 is 0 Å². The third kappa shape index (κ3) is 4.82. The molecule has 0 aliphatic heterocycles. The van der Waals surface area contributed by atoms with Crippen LogP contribution < -0.4 is 10.9 Å². The van der Waals surface area contributed by atoms with Gasteiger partial charge in [0.2, 0.25) is 11.5 Å². The summed E-state index contributed by atoms with van der Waals surface area (Å²) in [4.78, 5) is 20.3. The number of hydrogen-bond donors (Lipinski definition) is 2. The number of imidazole rings is 1. The van der Waals surface area contributed by atoms with E-state index in [0.717, 1.165) is 44.7 Å². The number of aromatic amines is 1. The minimum Gasteiger partial charge on any atom is -0.361 e. The average molecular weight is 548 g/mol. The van der Waals surface area contributed by atoms with Crippen LogP contribution in [0.15, 0.2) is 102 Å². The number of hydrogen-bond acceptors (Lipinski definition) is 2. The van der Waals surface area contributed by atoms with Crippen molar-refractivity contribution in [3.8, 4) is 16.8 Å². The highest BCUT2D eigenvalue weighted by Crippen LogP contribution is 2.32. The molecule has 0 aliphatic carbocycles. The van der Waals surface area contributed by atoms with Crippen LogP contribution in [0.2, 0.25) is 5.02 Å². The van der Waals surface area contributed by atoms with Crippen LogP contribution in [0, 0.1) is 0 Å². The summed E-state index contributed by atoms with van der Waals surface area (Å²) in [6.07, 6.45) is 1.99. The fraction of sp³-hybridized carbons (Fsp3) is 0.152. The van der Waals surface area contributed by atoms with E-state index in [1.165, 1.54) is 17.9 Å². The molecule has 1 amide bonds. The van der Waals surface area contributed by atoms with Crippen LogP contribution >= 0.6 is 11.6 Å². The summed E-state index contributed by atoms with van der Waals surface area (Å²) >= 11 is 6.33. The molecule has 0 spiro atoms. The predicted molar refractivity (Wildman–Crippen MR) is 164 cm³/mol. The standard InChI is InChI=1S/C33H30ClN5O/c1-21(2)36-33-38(20-24-7-6-8-29-27(24)17-18-35-29)31-9-4-5-10-32(31)39(33)26-14-11-23(12-15-26)28-19-25(34)13-16-30(28)37-22(3)40/h4-19,21,35H,20H2,1-3H3,(H,37,40). The molecule has 4 aromatic carbocycles. The Morgan fingerprint density at radius 2 is 1.73 bits per heavy atom. The van der Waals surface area contributed by atoms with Gasteiger partial charge >= 0.3 is 0 Å². The number of aromatic nitrogens is 3. The first kappa shape index (κ1) is 25.7. The molecule has 0 unspecified atom stereocenters. The van der Waals surface area contributed by atoms with Crippen LogP contribution in [0.4, 0.5) is 5.69 Å². The summed E-state index contributed by atoms with van der Waals surface area (Å²) in [5.41, 5.74) is 8.99. The molecule has 6 rings (SSSR count). The molecular weight excluding hydrogens is 518 g/mol. The van der Waals surface area contributed by atoms with Crippen LogP contribution in [-0.4, -0.2) is 26.1 Å². The van der Waals surface area contributed by atoms with Crippen molar-refractivity contribution >= 4 is 45.1 Å². The maximum absolute atomic E-state index is 11.8. The molecule has 0 radical (unpaired) electrons. The quantitative estimate of drug-likeness (QED) is 0.222. The maximum atomic E-state index is 11.8. The number of halogens is 1. The monoisotopic (exact) mass is 547 g/mol. The van der Waals surface area contributed by atoms with E-state index >= 15 is 0 Å².